The van der Waals surface area contributed by atoms with Gasteiger partial charge < -0.3 is 9.47 Å². The average molecular weight is 451 g/mol. The lowest BCUT2D eigenvalue weighted by molar-refractivity contribution is -0.120. The van der Waals surface area contributed by atoms with Gasteiger partial charge in [0.1, 0.15) is 6.61 Å². The van der Waals surface area contributed by atoms with Gasteiger partial charge in [0.25, 0.3) is 0 Å². The smallest absolute Gasteiger partial charge is 0.244 e. The molecule has 32 heavy (non-hydrogen) atoms. The molecule has 0 aliphatic rings. The van der Waals surface area contributed by atoms with Gasteiger partial charge in [-0.1, -0.05) is 41.9 Å². The Morgan fingerprint density at radius 2 is 1.69 bits per heavy atom. The van der Waals surface area contributed by atoms with Crippen LogP contribution in [0.4, 0.5) is 0 Å². The molecule has 3 aromatic carbocycles. The summed E-state index contributed by atoms with van der Waals surface area (Å²) in [6.07, 6.45) is 1.86. The summed E-state index contributed by atoms with van der Waals surface area (Å²) in [6.45, 7) is 6.91. The van der Waals surface area contributed by atoms with Gasteiger partial charge in [0.2, 0.25) is 5.91 Å². The van der Waals surface area contributed by atoms with E-state index < -0.39 is 0 Å². The van der Waals surface area contributed by atoms with Crippen molar-refractivity contribution in [2.75, 3.05) is 6.61 Å². The first-order chi connectivity index (χ1) is 15.4. The van der Waals surface area contributed by atoms with Gasteiger partial charge in [0.15, 0.2) is 11.5 Å². The number of aryl methyl sites for hydroxylation is 2. The molecular formula is C26H27ClN2O3. The number of ether oxygens (including phenoxy) is 2. The van der Waals surface area contributed by atoms with Crippen molar-refractivity contribution in [3.05, 3.63) is 93.5 Å². The van der Waals surface area contributed by atoms with Gasteiger partial charge in [-0.2, -0.15) is 5.10 Å². The van der Waals surface area contributed by atoms with Crippen LogP contribution in [0.15, 0.2) is 65.8 Å². The first-order valence-electron chi connectivity index (χ1n) is 10.5. The molecule has 0 heterocycles. The number of benzene rings is 3. The van der Waals surface area contributed by atoms with Crippen LogP contribution in [0.1, 0.15) is 34.7 Å². The number of hydrazone groups is 1. The van der Waals surface area contributed by atoms with Gasteiger partial charge in [-0.05, 0) is 78.9 Å². The number of nitrogens with zero attached hydrogens (tertiary/aromatic N) is 1. The molecule has 6 heteroatoms. The van der Waals surface area contributed by atoms with E-state index in [0.29, 0.717) is 29.7 Å². The zero-order valence-electron chi connectivity index (χ0n) is 18.5. The minimum absolute atomic E-state index is 0.169. The number of carbonyl (C=O) groups is 1. The van der Waals surface area contributed by atoms with E-state index in [4.69, 9.17) is 21.1 Å². The maximum Gasteiger partial charge on any atom is 0.244 e. The second kappa shape index (κ2) is 11.3. The van der Waals surface area contributed by atoms with Crippen LogP contribution in [0.2, 0.25) is 5.02 Å². The van der Waals surface area contributed by atoms with Gasteiger partial charge in [-0.3, -0.25) is 4.79 Å². The Morgan fingerprint density at radius 3 is 2.41 bits per heavy atom. The fourth-order valence-electron chi connectivity index (χ4n) is 3.05. The van der Waals surface area contributed by atoms with Crippen LogP contribution in [-0.4, -0.2) is 18.7 Å². The number of carbonyl (C=O) groups excluding carboxylic acids is 1. The molecule has 0 unspecified atom stereocenters. The monoisotopic (exact) mass is 450 g/mol. The molecule has 0 aliphatic heterocycles. The third-order valence-corrected chi connectivity index (χ3v) is 5.17. The number of hydrogen-bond acceptors (Lipinski definition) is 4. The van der Waals surface area contributed by atoms with Gasteiger partial charge in [-0.25, -0.2) is 5.43 Å². The molecule has 0 aromatic heterocycles. The summed E-state index contributed by atoms with van der Waals surface area (Å²) in [6, 6.07) is 19.0. The van der Waals surface area contributed by atoms with Crippen molar-refractivity contribution in [1.82, 2.24) is 5.43 Å². The van der Waals surface area contributed by atoms with E-state index >= 15 is 0 Å². The first kappa shape index (κ1) is 23.4. The normalized spacial score (nSPS) is 10.9. The molecule has 0 radical (unpaired) electrons. The number of nitrogens with one attached hydrogen (secondary N) is 1. The number of rotatable bonds is 9. The second-order valence-electron chi connectivity index (χ2n) is 7.44. The molecule has 166 valence electrons. The summed E-state index contributed by atoms with van der Waals surface area (Å²) in [7, 11) is 0. The van der Waals surface area contributed by atoms with Crippen LogP contribution in [0.25, 0.3) is 0 Å². The third-order valence-electron chi connectivity index (χ3n) is 4.91. The Morgan fingerprint density at radius 1 is 0.938 bits per heavy atom. The number of halogens is 1. The second-order valence-corrected chi connectivity index (χ2v) is 7.88. The van der Waals surface area contributed by atoms with E-state index in [2.05, 4.69) is 10.5 Å². The molecule has 0 fully saturated rings. The molecule has 0 saturated heterocycles. The molecule has 0 saturated carbocycles. The molecule has 0 atom stereocenters. The minimum Gasteiger partial charge on any atom is -0.490 e. The van der Waals surface area contributed by atoms with Crippen molar-refractivity contribution in [2.24, 2.45) is 5.10 Å². The SMILES string of the molecule is CCOc1cc(/C=N\NC(=O)Cc2ccc(C)c(C)c2)ccc1OCc1ccc(Cl)cc1. The van der Waals surface area contributed by atoms with Gasteiger partial charge in [0, 0.05) is 5.02 Å². The summed E-state index contributed by atoms with van der Waals surface area (Å²) >= 11 is 5.93. The molecule has 5 nitrogen and oxygen atoms in total. The Bertz CT molecular complexity index is 1090. The van der Waals surface area contributed by atoms with Crippen LogP contribution in [0.5, 0.6) is 11.5 Å². The number of hydrogen-bond donors (Lipinski definition) is 1. The van der Waals surface area contributed by atoms with Crippen molar-refractivity contribution < 1.29 is 14.3 Å². The van der Waals surface area contributed by atoms with E-state index in [-0.39, 0.29) is 12.3 Å². The van der Waals surface area contributed by atoms with Gasteiger partial charge in [0.05, 0.1) is 19.2 Å². The maximum absolute atomic E-state index is 12.2. The molecular weight excluding hydrogens is 424 g/mol. The van der Waals surface area contributed by atoms with E-state index in [1.165, 1.54) is 11.1 Å². The van der Waals surface area contributed by atoms with Crippen molar-refractivity contribution in [1.29, 1.82) is 0 Å². The van der Waals surface area contributed by atoms with Crippen LogP contribution >= 0.6 is 11.6 Å². The highest BCUT2D eigenvalue weighted by Gasteiger charge is 2.07. The standard InChI is InChI=1S/C26H27ClN2O3/c1-4-31-25-14-22(9-12-24(25)32-17-20-7-10-23(27)11-8-20)16-28-29-26(30)15-21-6-5-18(2)19(3)13-21/h5-14,16H,4,15,17H2,1-3H3,(H,29,30)/b28-16-. The fourth-order valence-corrected chi connectivity index (χ4v) is 3.18. The van der Waals surface area contributed by atoms with Crippen LogP contribution in [0, 0.1) is 13.8 Å². The topological polar surface area (TPSA) is 59.9 Å². The summed E-state index contributed by atoms with van der Waals surface area (Å²) in [5, 5.41) is 4.77. The average Bonchev–Trinajstić information content (AvgIpc) is 2.77. The quantitative estimate of drug-likeness (QED) is 0.339. The highest BCUT2D eigenvalue weighted by atomic mass is 35.5. The molecule has 3 rings (SSSR count). The van der Waals surface area contributed by atoms with E-state index in [1.54, 1.807) is 6.21 Å². The van der Waals surface area contributed by atoms with Crippen LogP contribution in [-0.2, 0) is 17.8 Å². The zero-order valence-corrected chi connectivity index (χ0v) is 19.3. The first-order valence-corrected chi connectivity index (χ1v) is 10.8. The van der Waals surface area contributed by atoms with Crippen molar-refractivity contribution in [2.45, 2.75) is 33.8 Å². The van der Waals surface area contributed by atoms with E-state index in [1.807, 2.05) is 81.4 Å². The molecule has 3 aromatic rings. The minimum atomic E-state index is -0.169. The molecule has 0 spiro atoms. The largest absolute Gasteiger partial charge is 0.490 e. The Kier molecular flexibility index (Phi) is 8.28. The Balaban J connectivity index is 1.59. The Hall–Kier alpha value is -3.31. The summed E-state index contributed by atoms with van der Waals surface area (Å²) in [5.74, 6) is 1.09. The lowest BCUT2D eigenvalue weighted by Crippen LogP contribution is -2.19. The summed E-state index contributed by atoms with van der Waals surface area (Å²) in [4.78, 5) is 12.2. The lowest BCUT2D eigenvalue weighted by atomic mass is 10.0. The predicted octanol–water partition coefficient (Wildman–Crippen LogP) is 5.63. The van der Waals surface area contributed by atoms with Crippen molar-refractivity contribution >= 4 is 23.7 Å². The van der Waals surface area contributed by atoms with Gasteiger partial charge in [-0.15, -0.1) is 0 Å². The lowest BCUT2D eigenvalue weighted by Gasteiger charge is -2.12. The van der Waals surface area contributed by atoms with E-state index in [0.717, 1.165) is 16.7 Å². The third kappa shape index (κ3) is 6.86. The zero-order chi connectivity index (χ0) is 22.9. The molecule has 1 amide bonds. The maximum atomic E-state index is 12.2. The molecule has 0 aliphatic carbocycles. The van der Waals surface area contributed by atoms with Gasteiger partial charge >= 0.3 is 0 Å². The number of amides is 1. The predicted molar refractivity (Wildman–Crippen MR) is 129 cm³/mol. The molecule has 0 bridgehead atoms. The Labute approximate surface area is 194 Å². The molecule has 1 N–H and O–H groups in total. The highest BCUT2D eigenvalue weighted by Crippen LogP contribution is 2.29. The highest BCUT2D eigenvalue weighted by molar-refractivity contribution is 6.30. The van der Waals surface area contributed by atoms with Crippen LogP contribution < -0.4 is 14.9 Å². The fraction of sp³-hybridized carbons (Fsp3) is 0.231. The summed E-state index contributed by atoms with van der Waals surface area (Å²) in [5.41, 5.74) is 7.71. The van der Waals surface area contributed by atoms with Crippen LogP contribution in [0.3, 0.4) is 0 Å². The van der Waals surface area contributed by atoms with E-state index in [9.17, 15) is 4.79 Å². The summed E-state index contributed by atoms with van der Waals surface area (Å²) < 4.78 is 11.6. The van der Waals surface area contributed by atoms with Crippen molar-refractivity contribution in [3.8, 4) is 11.5 Å². The van der Waals surface area contributed by atoms with Crippen molar-refractivity contribution in [3.63, 3.8) is 0 Å².